The number of rotatable bonds is 6. The van der Waals surface area contributed by atoms with E-state index in [2.05, 4.69) is 4.98 Å². The van der Waals surface area contributed by atoms with Gasteiger partial charge in [-0.25, -0.2) is 14.5 Å². The molecule has 0 aliphatic carbocycles. The van der Waals surface area contributed by atoms with Gasteiger partial charge >= 0.3 is 5.97 Å². The molecule has 0 fully saturated rings. The summed E-state index contributed by atoms with van der Waals surface area (Å²) in [4.78, 5) is 30.1. The Hall–Kier alpha value is -3.94. The molecule has 0 N–H and O–H groups in total. The number of hydrogen-bond donors (Lipinski definition) is 0. The van der Waals surface area contributed by atoms with Crippen LogP contribution in [0.5, 0.6) is 5.75 Å². The summed E-state index contributed by atoms with van der Waals surface area (Å²) in [6.45, 7) is 9.33. The predicted octanol–water partition coefficient (Wildman–Crippen LogP) is 3.80. The maximum Gasteiger partial charge on any atom is 0.347 e. The number of carbonyl (C=O) groups is 1. The number of pyridine rings is 1. The van der Waals surface area contributed by atoms with E-state index in [1.807, 2.05) is 48.9 Å². The summed E-state index contributed by atoms with van der Waals surface area (Å²) in [5.74, 6) is -0.154. The molecule has 0 amide bonds. The Morgan fingerprint density at radius 3 is 2.64 bits per heavy atom. The summed E-state index contributed by atoms with van der Waals surface area (Å²) in [6, 6.07) is 13.2. The number of aryl methyl sites for hydroxylation is 3. The first kappa shape index (κ1) is 22.3. The van der Waals surface area contributed by atoms with Crippen LogP contribution in [0.3, 0.4) is 0 Å². The third-order valence-corrected chi connectivity index (χ3v) is 5.31. The summed E-state index contributed by atoms with van der Waals surface area (Å²) < 4.78 is 14.0. The highest BCUT2D eigenvalue weighted by Crippen LogP contribution is 2.24. The maximum atomic E-state index is 13.5. The number of esters is 1. The minimum atomic E-state index is -0.833. The second-order valence-corrected chi connectivity index (χ2v) is 7.88. The van der Waals surface area contributed by atoms with Crippen LogP contribution >= 0.6 is 0 Å². The minimum Gasteiger partial charge on any atom is -0.475 e. The van der Waals surface area contributed by atoms with Crippen LogP contribution in [0.4, 0.5) is 0 Å². The van der Waals surface area contributed by atoms with Gasteiger partial charge in [0.1, 0.15) is 5.69 Å². The van der Waals surface area contributed by atoms with E-state index in [4.69, 9.17) is 14.6 Å². The number of benzene rings is 1. The lowest BCUT2D eigenvalue weighted by atomic mass is 10.1. The van der Waals surface area contributed by atoms with Gasteiger partial charge in [-0.05, 0) is 70.5 Å². The van der Waals surface area contributed by atoms with E-state index >= 15 is 0 Å². The van der Waals surface area contributed by atoms with Gasteiger partial charge in [-0.15, -0.1) is 0 Å². The average molecular weight is 447 g/mol. The molecule has 33 heavy (non-hydrogen) atoms. The van der Waals surface area contributed by atoms with Crippen molar-refractivity contribution in [3.05, 3.63) is 76.0 Å². The van der Waals surface area contributed by atoms with Crippen LogP contribution in [-0.4, -0.2) is 37.8 Å². The molecule has 4 aromatic rings. The van der Waals surface area contributed by atoms with Gasteiger partial charge in [0.15, 0.2) is 17.5 Å². The fraction of sp³-hybridized carbons (Fsp3) is 0.280. The van der Waals surface area contributed by atoms with Crippen molar-refractivity contribution >= 4 is 11.6 Å². The van der Waals surface area contributed by atoms with Gasteiger partial charge in [0.2, 0.25) is 0 Å². The first-order chi connectivity index (χ1) is 15.8. The van der Waals surface area contributed by atoms with Crippen molar-refractivity contribution in [3.8, 4) is 22.7 Å². The Labute approximate surface area is 191 Å². The zero-order valence-corrected chi connectivity index (χ0v) is 19.3. The lowest BCUT2D eigenvalue weighted by Gasteiger charge is -2.15. The fourth-order valence-corrected chi connectivity index (χ4v) is 3.75. The van der Waals surface area contributed by atoms with Crippen molar-refractivity contribution in [2.24, 2.45) is 0 Å². The second kappa shape index (κ2) is 8.90. The van der Waals surface area contributed by atoms with Crippen LogP contribution in [0.2, 0.25) is 0 Å². The quantitative estimate of drug-likeness (QED) is 0.419. The SMILES string of the molecule is CCOC(=O)C(C)Oc1cccn2c(=O)c(-c3cc(C)n(-c4cccc(C)c4)n3)c(C)nc12. The minimum absolute atomic E-state index is 0.261. The highest BCUT2D eigenvalue weighted by atomic mass is 16.6. The number of aromatic nitrogens is 4. The summed E-state index contributed by atoms with van der Waals surface area (Å²) in [7, 11) is 0. The Morgan fingerprint density at radius 1 is 1.12 bits per heavy atom. The van der Waals surface area contributed by atoms with Crippen LogP contribution in [0.1, 0.15) is 30.8 Å². The summed E-state index contributed by atoms with van der Waals surface area (Å²) in [5.41, 5.74) is 4.50. The molecule has 0 aliphatic rings. The monoisotopic (exact) mass is 446 g/mol. The van der Waals surface area contributed by atoms with Crippen molar-refractivity contribution < 1.29 is 14.3 Å². The average Bonchev–Trinajstić information content (AvgIpc) is 3.15. The van der Waals surface area contributed by atoms with Crippen molar-refractivity contribution in [2.75, 3.05) is 6.61 Å². The van der Waals surface area contributed by atoms with Gasteiger partial charge in [0, 0.05) is 11.9 Å². The molecule has 0 spiro atoms. The van der Waals surface area contributed by atoms with Crippen molar-refractivity contribution in [3.63, 3.8) is 0 Å². The van der Waals surface area contributed by atoms with Gasteiger partial charge in [-0.2, -0.15) is 5.10 Å². The number of ether oxygens (including phenoxy) is 2. The third kappa shape index (κ3) is 4.24. The molecule has 0 radical (unpaired) electrons. The smallest absolute Gasteiger partial charge is 0.347 e. The molecule has 3 heterocycles. The molecule has 0 saturated carbocycles. The Bertz CT molecular complexity index is 1400. The lowest BCUT2D eigenvalue weighted by molar-refractivity contribution is -0.150. The highest BCUT2D eigenvalue weighted by molar-refractivity contribution is 5.75. The van der Waals surface area contributed by atoms with Crippen LogP contribution < -0.4 is 10.3 Å². The number of fused-ring (bicyclic) bond motifs is 1. The number of hydrogen-bond acceptors (Lipinski definition) is 6. The van der Waals surface area contributed by atoms with E-state index in [0.29, 0.717) is 28.3 Å². The standard InChI is InChI=1S/C25H26N4O4/c1-6-32-25(31)18(5)33-21-11-8-12-28-23(21)26-17(4)22(24(28)30)20-14-16(3)29(27-20)19-10-7-9-15(2)13-19/h7-14,18H,6H2,1-5H3. The molecule has 1 atom stereocenters. The largest absolute Gasteiger partial charge is 0.475 e. The Balaban J connectivity index is 1.79. The second-order valence-electron chi connectivity index (χ2n) is 7.88. The first-order valence-corrected chi connectivity index (χ1v) is 10.8. The maximum absolute atomic E-state index is 13.5. The zero-order valence-electron chi connectivity index (χ0n) is 19.3. The van der Waals surface area contributed by atoms with Crippen LogP contribution in [0.25, 0.3) is 22.6 Å². The van der Waals surface area contributed by atoms with Gasteiger partial charge in [0.25, 0.3) is 5.56 Å². The number of nitrogens with zero attached hydrogens (tertiary/aromatic N) is 4. The molecule has 4 rings (SSSR count). The van der Waals surface area contributed by atoms with E-state index in [1.165, 1.54) is 4.40 Å². The molecule has 1 unspecified atom stereocenters. The van der Waals surface area contributed by atoms with Crippen LogP contribution in [-0.2, 0) is 9.53 Å². The molecule has 8 heteroatoms. The van der Waals surface area contributed by atoms with Crippen molar-refractivity contribution in [2.45, 2.75) is 40.7 Å². The third-order valence-electron chi connectivity index (χ3n) is 5.31. The molecular weight excluding hydrogens is 420 g/mol. The lowest BCUT2D eigenvalue weighted by Crippen LogP contribution is -2.27. The van der Waals surface area contributed by atoms with E-state index in [1.54, 1.807) is 39.1 Å². The zero-order chi connectivity index (χ0) is 23.7. The van der Waals surface area contributed by atoms with Gasteiger partial charge in [0.05, 0.1) is 23.6 Å². The van der Waals surface area contributed by atoms with Crippen LogP contribution in [0.15, 0.2) is 53.5 Å². The summed E-state index contributed by atoms with van der Waals surface area (Å²) in [6.07, 6.45) is 0.792. The molecule has 3 aromatic heterocycles. The van der Waals surface area contributed by atoms with E-state index in [-0.39, 0.29) is 12.2 Å². The van der Waals surface area contributed by atoms with E-state index < -0.39 is 12.1 Å². The molecule has 0 bridgehead atoms. The molecule has 1 aromatic carbocycles. The van der Waals surface area contributed by atoms with Gasteiger partial charge in [-0.1, -0.05) is 12.1 Å². The molecule has 0 aliphatic heterocycles. The predicted molar refractivity (Wildman–Crippen MR) is 125 cm³/mol. The van der Waals surface area contributed by atoms with Gasteiger partial charge < -0.3 is 9.47 Å². The number of carbonyl (C=O) groups excluding carboxylic acids is 1. The molecule has 170 valence electrons. The van der Waals surface area contributed by atoms with E-state index in [9.17, 15) is 9.59 Å². The molecule has 8 nitrogen and oxygen atoms in total. The summed E-state index contributed by atoms with van der Waals surface area (Å²) in [5, 5.41) is 4.71. The normalized spacial score (nSPS) is 12.0. The Morgan fingerprint density at radius 2 is 1.91 bits per heavy atom. The summed E-state index contributed by atoms with van der Waals surface area (Å²) >= 11 is 0. The topological polar surface area (TPSA) is 87.7 Å². The fourth-order valence-electron chi connectivity index (χ4n) is 3.75. The van der Waals surface area contributed by atoms with Crippen molar-refractivity contribution in [1.82, 2.24) is 19.2 Å². The first-order valence-electron chi connectivity index (χ1n) is 10.8. The highest BCUT2D eigenvalue weighted by Gasteiger charge is 2.21. The van der Waals surface area contributed by atoms with Gasteiger partial charge in [-0.3, -0.25) is 9.20 Å². The molecule has 0 saturated heterocycles. The van der Waals surface area contributed by atoms with E-state index in [0.717, 1.165) is 16.9 Å². The molecular formula is C25H26N4O4. The van der Waals surface area contributed by atoms with Crippen molar-refractivity contribution in [1.29, 1.82) is 0 Å². The Kier molecular flexibility index (Phi) is 6.00. The van der Waals surface area contributed by atoms with Crippen LogP contribution in [0, 0.1) is 20.8 Å².